The van der Waals surface area contributed by atoms with Crippen LogP contribution < -0.4 is 5.73 Å². The highest BCUT2D eigenvalue weighted by atomic mass is 16.5. The van der Waals surface area contributed by atoms with E-state index in [1.807, 2.05) is 0 Å². The van der Waals surface area contributed by atoms with Gasteiger partial charge in [-0.25, -0.2) is 4.79 Å². The SMILES string of the molecule is COC(=O)c1cc(-c2c(N)cnn2C)oc1C. The number of rotatable bonds is 2. The van der Waals surface area contributed by atoms with Crippen LogP contribution in [0, 0.1) is 6.92 Å². The van der Waals surface area contributed by atoms with Crippen LogP contribution in [0.25, 0.3) is 11.5 Å². The number of carbonyl (C=O) groups is 1. The zero-order valence-electron chi connectivity index (χ0n) is 9.85. The Bertz CT molecular complexity index is 549. The van der Waals surface area contributed by atoms with Crippen molar-refractivity contribution in [2.24, 2.45) is 7.05 Å². The second-order valence-electron chi connectivity index (χ2n) is 3.64. The first-order chi connectivity index (χ1) is 8.04. The summed E-state index contributed by atoms with van der Waals surface area (Å²) >= 11 is 0. The van der Waals surface area contributed by atoms with Gasteiger partial charge in [-0.05, 0) is 6.92 Å². The molecule has 2 rings (SSSR count). The summed E-state index contributed by atoms with van der Waals surface area (Å²) in [6.07, 6.45) is 1.53. The lowest BCUT2D eigenvalue weighted by Gasteiger charge is -1.98. The molecule has 2 aromatic rings. The number of nitrogens with zero attached hydrogens (tertiary/aromatic N) is 2. The van der Waals surface area contributed by atoms with E-state index >= 15 is 0 Å². The number of nitrogen functional groups attached to an aromatic ring is 1. The van der Waals surface area contributed by atoms with E-state index in [9.17, 15) is 4.79 Å². The van der Waals surface area contributed by atoms with Gasteiger partial charge in [-0.2, -0.15) is 5.10 Å². The molecule has 2 heterocycles. The molecular weight excluding hydrogens is 222 g/mol. The molecule has 0 aliphatic heterocycles. The van der Waals surface area contributed by atoms with Gasteiger partial charge in [0.25, 0.3) is 0 Å². The molecule has 0 aromatic carbocycles. The Morgan fingerprint density at radius 3 is 2.82 bits per heavy atom. The van der Waals surface area contributed by atoms with E-state index in [1.165, 1.54) is 13.3 Å². The number of hydrogen-bond donors (Lipinski definition) is 1. The van der Waals surface area contributed by atoms with Crippen molar-refractivity contribution in [3.05, 3.63) is 23.6 Å². The third-order valence-electron chi connectivity index (χ3n) is 2.52. The van der Waals surface area contributed by atoms with E-state index in [0.717, 1.165) is 0 Å². The van der Waals surface area contributed by atoms with E-state index in [0.29, 0.717) is 28.5 Å². The van der Waals surface area contributed by atoms with Crippen LogP contribution in [0.4, 0.5) is 5.69 Å². The van der Waals surface area contributed by atoms with Crippen molar-refractivity contribution < 1.29 is 13.9 Å². The molecule has 0 atom stereocenters. The van der Waals surface area contributed by atoms with E-state index < -0.39 is 5.97 Å². The normalized spacial score (nSPS) is 10.5. The van der Waals surface area contributed by atoms with Gasteiger partial charge in [-0.15, -0.1) is 0 Å². The number of furan rings is 1. The highest BCUT2D eigenvalue weighted by Gasteiger charge is 2.19. The predicted octanol–water partition coefficient (Wildman–Crippen LogP) is 1.36. The number of anilines is 1. The number of hydrogen-bond acceptors (Lipinski definition) is 5. The molecule has 0 aliphatic carbocycles. The minimum atomic E-state index is -0.432. The molecule has 2 N–H and O–H groups in total. The van der Waals surface area contributed by atoms with Crippen LogP contribution in [0.3, 0.4) is 0 Å². The number of carbonyl (C=O) groups excluding carboxylic acids is 1. The van der Waals surface area contributed by atoms with Gasteiger partial charge in [0.1, 0.15) is 17.0 Å². The first kappa shape index (κ1) is 11.3. The van der Waals surface area contributed by atoms with Crippen molar-refractivity contribution in [3.63, 3.8) is 0 Å². The van der Waals surface area contributed by atoms with Gasteiger partial charge in [0.05, 0.1) is 19.0 Å². The molecule has 6 nitrogen and oxygen atoms in total. The maximum atomic E-state index is 11.5. The van der Waals surface area contributed by atoms with Gasteiger partial charge in [0.2, 0.25) is 0 Å². The number of esters is 1. The Morgan fingerprint density at radius 2 is 2.29 bits per heavy atom. The Morgan fingerprint density at radius 1 is 1.59 bits per heavy atom. The van der Waals surface area contributed by atoms with Crippen molar-refractivity contribution in [1.29, 1.82) is 0 Å². The van der Waals surface area contributed by atoms with Crippen LogP contribution in [0.1, 0.15) is 16.1 Å². The highest BCUT2D eigenvalue weighted by Crippen LogP contribution is 2.29. The Hall–Kier alpha value is -2.24. The van der Waals surface area contributed by atoms with Crippen molar-refractivity contribution in [2.75, 3.05) is 12.8 Å². The number of nitrogens with two attached hydrogens (primary N) is 1. The fourth-order valence-electron chi connectivity index (χ4n) is 1.67. The number of methoxy groups -OCH3 is 1. The summed E-state index contributed by atoms with van der Waals surface area (Å²) in [4.78, 5) is 11.5. The van der Waals surface area contributed by atoms with E-state index in [-0.39, 0.29) is 0 Å². The summed E-state index contributed by atoms with van der Waals surface area (Å²) in [5.41, 5.74) is 7.31. The zero-order chi connectivity index (χ0) is 12.6. The minimum absolute atomic E-state index is 0.392. The molecule has 2 aromatic heterocycles. The Labute approximate surface area is 98.0 Å². The quantitative estimate of drug-likeness (QED) is 0.794. The highest BCUT2D eigenvalue weighted by molar-refractivity contribution is 5.92. The fourth-order valence-corrected chi connectivity index (χ4v) is 1.67. The zero-order valence-corrected chi connectivity index (χ0v) is 9.85. The van der Waals surface area contributed by atoms with Gasteiger partial charge >= 0.3 is 5.97 Å². The summed E-state index contributed by atoms with van der Waals surface area (Å²) in [6.45, 7) is 1.70. The molecule has 17 heavy (non-hydrogen) atoms. The lowest BCUT2D eigenvalue weighted by Crippen LogP contribution is -2.00. The van der Waals surface area contributed by atoms with E-state index in [1.54, 1.807) is 24.7 Å². The molecule has 0 radical (unpaired) electrons. The molecule has 0 saturated heterocycles. The maximum Gasteiger partial charge on any atom is 0.341 e. The van der Waals surface area contributed by atoms with Crippen LogP contribution >= 0.6 is 0 Å². The largest absolute Gasteiger partial charge is 0.465 e. The second-order valence-corrected chi connectivity index (χ2v) is 3.64. The fraction of sp³-hybridized carbons (Fsp3) is 0.273. The monoisotopic (exact) mass is 235 g/mol. The van der Waals surface area contributed by atoms with Gasteiger partial charge in [-0.3, -0.25) is 4.68 Å². The third kappa shape index (κ3) is 1.77. The third-order valence-corrected chi connectivity index (χ3v) is 2.52. The maximum absolute atomic E-state index is 11.5. The van der Waals surface area contributed by atoms with E-state index in [4.69, 9.17) is 10.2 Å². The second kappa shape index (κ2) is 3.97. The summed E-state index contributed by atoms with van der Waals surface area (Å²) in [6, 6.07) is 1.61. The predicted molar refractivity (Wildman–Crippen MR) is 61.4 cm³/mol. The van der Waals surface area contributed by atoms with Gasteiger partial charge < -0.3 is 14.9 Å². The lowest BCUT2D eigenvalue weighted by atomic mass is 10.2. The lowest BCUT2D eigenvalue weighted by molar-refractivity contribution is 0.0599. The Balaban J connectivity index is 2.52. The summed E-state index contributed by atoms with van der Waals surface area (Å²) in [7, 11) is 3.08. The van der Waals surface area contributed by atoms with Gasteiger partial charge in [0, 0.05) is 13.1 Å². The van der Waals surface area contributed by atoms with Crippen LogP contribution in [0.2, 0.25) is 0 Å². The van der Waals surface area contributed by atoms with Crippen LogP contribution in [-0.2, 0) is 11.8 Å². The van der Waals surface area contributed by atoms with Crippen molar-refractivity contribution >= 4 is 11.7 Å². The summed E-state index contributed by atoms with van der Waals surface area (Å²) in [5.74, 6) is 0.561. The molecule has 0 bridgehead atoms. The molecular formula is C11H13N3O3. The van der Waals surface area contributed by atoms with Crippen molar-refractivity contribution in [2.45, 2.75) is 6.92 Å². The van der Waals surface area contributed by atoms with Crippen molar-refractivity contribution in [3.8, 4) is 11.5 Å². The number of ether oxygens (including phenoxy) is 1. The van der Waals surface area contributed by atoms with Crippen LogP contribution in [0.5, 0.6) is 0 Å². The van der Waals surface area contributed by atoms with E-state index in [2.05, 4.69) is 9.84 Å². The minimum Gasteiger partial charge on any atom is -0.465 e. The molecule has 0 aliphatic rings. The molecule has 0 saturated carbocycles. The van der Waals surface area contributed by atoms with Gasteiger partial charge in [-0.1, -0.05) is 0 Å². The smallest absolute Gasteiger partial charge is 0.341 e. The Kier molecular flexibility index (Phi) is 2.63. The molecule has 6 heteroatoms. The number of aromatic nitrogens is 2. The summed E-state index contributed by atoms with van der Waals surface area (Å²) in [5, 5.41) is 4.01. The van der Waals surface area contributed by atoms with Crippen molar-refractivity contribution in [1.82, 2.24) is 9.78 Å². The molecule has 0 fully saturated rings. The summed E-state index contributed by atoms with van der Waals surface area (Å²) < 4.78 is 11.7. The average Bonchev–Trinajstić information content (AvgIpc) is 2.81. The first-order valence-electron chi connectivity index (χ1n) is 5.01. The standard InChI is InChI=1S/C11H13N3O3/c1-6-7(11(15)16-3)4-9(17-6)10-8(12)5-13-14(10)2/h4-5H,12H2,1-3H3. The van der Waals surface area contributed by atoms with Crippen LogP contribution in [0.15, 0.2) is 16.7 Å². The topological polar surface area (TPSA) is 83.3 Å². The van der Waals surface area contributed by atoms with Crippen LogP contribution in [-0.4, -0.2) is 22.9 Å². The molecule has 0 unspecified atom stereocenters. The molecule has 90 valence electrons. The van der Waals surface area contributed by atoms with Gasteiger partial charge in [0.15, 0.2) is 5.76 Å². The molecule has 0 amide bonds. The number of aryl methyl sites for hydroxylation is 2. The average molecular weight is 235 g/mol. The molecule has 0 spiro atoms. The first-order valence-corrected chi connectivity index (χ1v) is 5.01.